The molecule has 0 saturated carbocycles. The average molecular weight is 356 g/mol. The van der Waals surface area contributed by atoms with Crippen LogP contribution in [0.15, 0.2) is 23.4 Å². The molecule has 0 aliphatic heterocycles. The topological polar surface area (TPSA) is 61.2 Å². The lowest BCUT2D eigenvalue weighted by molar-refractivity contribution is 0.483. The van der Waals surface area contributed by atoms with Gasteiger partial charge in [-0.1, -0.05) is 34.8 Å². The number of nitrogens with zero attached hydrogens (tertiary/aromatic N) is 2. The van der Waals surface area contributed by atoms with E-state index in [0.29, 0.717) is 5.82 Å². The molecule has 1 heterocycles. The van der Waals surface area contributed by atoms with E-state index in [-0.39, 0.29) is 25.8 Å². The summed E-state index contributed by atoms with van der Waals surface area (Å²) in [6, 6.07) is 2.67. The Hall–Kier alpha value is -0.950. The van der Waals surface area contributed by atoms with Crippen molar-refractivity contribution in [2.24, 2.45) is 7.05 Å². The number of imidazole rings is 1. The summed E-state index contributed by atoms with van der Waals surface area (Å²) in [6.45, 7) is 1.67. The van der Waals surface area contributed by atoms with E-state index in [4.69, 9.17) is 39.0 Å². The summed E-state index contributed by atoms with van der Waals surface area (Å²) in [5, 5.41) is 0.0514. The van der Waals surface area contributed by atoms with Crippen molar-refractivity contribution in [2.75, 3.05) is 0 Å². The predicted molar refractivity (Wildman–Crippen MR) is 77.2 cm³/mol. The van der Waals surface area contributed by atoms with Gasteiger partial charge in [0.05, 0.1) is 10.0 Å². The summed E-state index contributed by atoms with van der Waals surface area (Å²) in [5.74, 6) is 0.349. The maximum atomic E-state index is 12.1. The van der Waals surface area contributed by atoms with Crippen LogP contribution < -0.4 is 4.18 Å². The third kappa shape index (κ3) is 3.03. The van der Waals surface area contributed by atoms with Crippen molar-refractivity contribution in [1.29, 1.82) is 0 Å². The minimum absolute atomic E-state index is 0.00118. The molecule has 20 heavy (non-hydrogen) atoms. The molecule has 5 nitrogen and oxygen atoms in total. The lowest BCUT2D eigenvalue weighted by Gasteiger charge is -2.08. The second-order valence-corrected chi connectivity index (χ2v) is 6.72. The van der Waals surface area contributed by atoms with E-state index in [9.17, 15) is 8.42 Å². The Kier molecular flexibility index (Phi) is 4.20. The van der Waals surface area contributed by atoms with Gasteiger partial charge in [-0.2, -0.15) is 8.42 Å². The molecule has 0 fully saturated rings. The summed E-state index contributed by atoms with van der Waals surface area (Å²) < 4.78 is 30.7. The largest absolute Gasteiger partial charge is 0.375 e. The SMILES string of the molecule is Cc1nc(S(=O)(=O)Oc2c(Cl)cc(Cl)cc2Cl)cn1C. The number of rotatable bonds is 3. The molecule has 0 amide bonds. The van der Waals surface area contributed by atoms with Crippen LogP contribution in [0, 0.1) is 6.92 Å². The highest BCUT2D eigenvalue weighted by molar-refractivity contribution is 7.87. The van der Waals surface area contributed by atoms with E-state index in [2.05, 4.69) is 4.98 Å². The zero-order valence-corrected chi connectivity index (χ0v) is 13.5. The minimum atomic E-state index is -4.12. The second kappa shape index (κ2) is 5.44. The summed E-state index contributed by atoms with van der Waals surface area (Å²) in [6.07, 6.45) is 1.34. The van der Waals surface area contributed by atoms with Crippen LogP contribution in [-0.2, 0) is 17.2 Å². The van der Waals surface area contributed by atoms with Crippen molar-refractivity contribution in [2.45, 2.75) is 11.9 Å². The van der Waals surface area contributed by atoms with E-state index in [1.54, 1.807) is 18.5 Å². The first-order chi connectivity index (χ1) is 9.20. The van der Waals surface area contributed by atoms with E-state index in [0.717, 1.165) is 0 Å². The quantitative estimate of drug-likeness (QED) is 0.791. The Morgan fingerprint density at radius 2 is 1.75 bits per heavy atom. The van der Waals surface area contributed by atoms with Gasteiger partial charge >= 0.3 is 10.1 Å². The number of aryl methyl sites for hydroxylation is 2. The van der Waals surface area contributed by atoms with Gasteiger partial charge in [-0.05, 0) is 19.1 Å². The molecule has 1 aromatic heterocycles. The van der Waals surface area contributed by atoms with Gasteiger partial charge in [0.15, 0.2) is 5.75 Å². The first-order valence-electron chi connectivity index (χ1n) is 5.29. The standard InChI is InChI=1S/C11H9Cl3N2O3S/c1-6-15-10(5-16(6)2)20(17,18)19-11-8(13)3-7(12)4-9(11)14/h3-5H,1-2H3. The van der Waals surface area contributed by atoms with Crippen LogP contribution >= 0.6 is 34.8 Å². The average Bonchev–Trinajstić information content (AvgIpc) is 2.65. The molecule has 108 valence electrons. The minimum Gasteiger partial charge on any atom is -0.375 e. The van der Waals surface area contributed by atoms with Crippen LogP contribution in [-0.4, -0.2) is 18.0 Å². The van der Waals surface area contributed by atoms with E-state index in [1.165, 1.54) is 18.3 Å². The number of halogens is 3. The Labute approximate surface area is 131 Å². The van der Waals surface area contributed by atoms with Crippen LogP contribution in [0.2, 0.25) is 15.1 Å². The summed E-state index contributed by atoms with van der Waals surface area (Å²) >= 11 is 17.5. The van der Waals surface area contributed by atoms with Crippen molar-refractivity contribution < 1.29 is 12.6 Å². The van der Waals surface area contributed by atoms with Crippen LogP contribution in [0.3, 0.4) is 0 Å². The number of hydrogen-bond acceptors (Lipinski definition) is 4. The van der Waals surface area contributed by atoms with Crippen LogP contribution in [0.1, 0.15) is 5.82 Å². The molecule has 9 heteroatoms. The van der Waals surface area contributed by atoms with Gasteiger partial charge in [-0.15, -0.1) is 0 Å². The lowest BCUT2D eigenvalue weighted by Crippen LogP contribution is -2.11. The van der Waals surface area contributed by atoms with Crippen LogP contribution in [0.4, 0.5) is 0 Å². The molecule has 0 saturated heterocycles. The second-order valence-electron chi connectivity index (χ2n) is 3.97. The Morgan fingerprint density at radius 1 is 1.20 bits per heavy atom. The summed E-state index contributed by atoms with van der Waals surface area (Å²) in [5.41, 5.74) is 0. The van der Waals surface area contributed by atoms with Crippen molar-refractivity contribution in [3.63, 3.8) is 0 Å². The highest BCUT2D eigenvalue weighted by atomic mass is 35.5. The molecule has 1 aromatic carbocycles. The smallest absolute Gasteiger partial charge is 0.358 e. The van der Waals surface area contributed by atoms with Gasteiger partial charge in [-0.25, -0.2) is 4.98 Å². The van der Waals surface area contributed by atoms with E-state index >= 15 is 0 Å². The molecule has 2 rings (SSSR count). The predicted octanol–water partition coefficient (Wildman–Crippen LogP) is 3.46. The zero-order valence-electron chi connectivity index (χ0n) is 10.4. The third-order valence-corrected chi connectivity index (χ3v) is 4.37. The van der Waals surface area contributed by atoms with Crippen molar-refractivity contribution >= 4 is 44.9 Å². The van der Waals surface area contributed by atoms with Crippen molar-refractivity contribution in [3.05, 3.63) is 39.2 Å². The van der Waals surface area contributed by atoms with Crippen molar-refractivity contribution in [3.8, 4) is 5.75 Å². The van der Waals surface area contributed by atoms with Gasteiger partial charge in [0.1, 0.15) is 5.82 Å². The molecule has 0 bridgehead atoms. The number of hydrogen-bond donors (Lipinski definition) is 0. The van der Waals surface area contributed by atoms with Gasteiger partial charge in [0.25, 0.3) is 0 Å². The maximum Gasteiger partial charge on any atom is 0.358 e. The maximum absolute atomic E-state index is 12.1. The molecule has 0 atom stereocenters. The first-order valence-corrected chi connectivity index (χ1v) is 7.84. The lowest BCUT2D eigenvalue weighted by atomic mass is 10.3. The Morgan fingerprint density at radius 3 is 2.20 bits per heavy atom. The fourth-order valence-electron chi connectivity index (χ4n) is 1.41. The summed E-state index contributed by atoms with van der Waals surface area (Å²) in [7, 11) is -2.45. The highest BCUT2D eigenvalue weighted by Gasteiger charge is 2.24. The van der Waals surface area contributed by atoms with Gasteiger partial charge in [0, 0.05) is 18.3 Å². The molecule has 0 radical (unpaired) electrons. The molecular formula is C11H9Cl3N2O3S. The fourth-order valence-corrected chi connectivity index (χ4v) is 3.41. The molecule has 0 spiro atoms. The van der Waals surface area contributed by atoms with Gasteiger partial charge in [-0.3, -0.25) is 0 Å². The number of benzene rings is 1. The number of aromatic nitrogens is 2. The molecule has 0 N–H and O–H groups in total. The first kappa shape index (κ1) is 15.4. The van der Waals surface area contributed by atoms with Gasteiger partial charge < -0.3 is 8.75 Å². The Balaban J connectivity index is 2.43. The van der Waals surface area contributed by atoms with Crippen LogP contribution in [0.5, 0.6) is 5.75 Å². The normalized spacial score (nSPS) is 11.7. The molecule has 2 aromatic rings. The van der Waals surface area contributed by atoms with Crippen molar-refractivity contribution in [1.82, 2.24) is 9.55 Å². The molecular weight excluding hydrogens is 347 g/mol. The zero-order chi connectivity index (χ0) is 15.1. The molecule has 0 aliphatic rings. The van der Waals surface area contributed by atoms with E-state index in [1.807, 2.05) is 0 Å². The Bertz CT molecular complexity index is 729. The molecule has 0 unspecified atom stereocenters. The van der Waals surface area contributed by atoms with Crippen LogP contribution in [0.25, 0.3) is 0 Å². The molecule has 0 aliphatic carbocycles. The fraction of sp³-hybridized carbons (Fsp3) is 0.182. The monoisotopic (exact) mass is 354 g/mol. The van der Waals surface area contributed by atoms with E-state index < -0.39 is 10.1 Å². The van der Waals surface area contributed by atoms with Gasteiger partial charge in [0.2, 0.25) is 5.03 Å². The third-order valence-electron chi connectivity index (χ3n) is 2.50. The summed E-state index contributed by atoms with van der Waals surface area (Å²) in [4.78, 5) is 3.89. The highest BCUT2D eigenvalue weighted by Crippen LogP contribution is 2.37.